The van der Waals surface area contributed by atoms with E-state index in [4.69, 9.17) is 17.0 Å². The molecule has 2 aromatic rings. The number of anilines is 2. The van der Waals surface area contributed by atoms with Crippen LogP contribution in [0.15, 0.2) is 24.3 Å². The van der Waals surface area contributed by atoms with Crippen LogP contribution >= 0.6 is 23.6 Å². The molecule has 6 nitrogen and oxygen atoms in total. The molecule has 0 saturated carbocycles. The quantitative estimate of drug-likeness (QED) is 0.612. The maximum atomic E-state index is 12.4. The molecule has 2 N–H and O–H groups in total. The summed E-state index contributed by atoms with van der Waals surface area (Å²) in [6.45, 7) is 3.71. The number of thiophene rings is 1. The number of carbonyl (C=O) groups is 2. The Balaban J connectivity index is 2.32. The van der Waals surface area contributed by atoms with Crippen molar-refractivity contribution in [2.75, 3.05) is 31.8 Å². The second kappa shape index (κ2) is 8.29. The van der Waals surface area contributed by atoms with Gasteiger partial charge in [-0.05, 0) is 49.3 Å². The molecule has 0 aliphatic heterocycles. The van der Waals surface area contributed by atoms with E-state index in [1.165, 1.54) is 23.3 Å². The molecule has 0 atom stereocenters. The van der Waals surface area contributed by atoms with Crippen molar-refractivity contribution in [1.82, 2.24) is 4.90 Å². The molecular weight excluding hydrogens is 370 g/mol. The van der Waals surface area contributed by atoms with Crippen LogP contribution in [0, 0.1) is 13.8 Å². The van der Waals surface area contributed by atoms with E-state index in [1.54, 1.807) is 21.0 Å². The SMILES string of the molecule is COC(=O)c1c(NC(=S)Nc2cccc(C)c2)sc(C(=O)N(C)C)c1C. The normalized spacial score (nSPS) is 10.2. The zero-order valence-electron chi connectivity index (χ0n) is 15.3. The van der Waals surface area contributed by atoms with E-state index in [9.17, 15) is 9.59 Å². The summed E-state index contributed by atoms with van der Waals surface area (Å²) >= 11 is 6.53. The molecule has 0 bridgehead atoms. The number of hydrogen-bond acceptors (Lipinski definition) is 5. The topological polar surface area (TPSA) is 70.7 Å². The number of ether oxygens (including phenoxy) is 1. The van der Waals surface area contributed by atoms with E-state index in [0.29, 0.717) is 26.1 Å². The molecule has 0 fully saturated rings. The summed E-state index contributed by atoms with van der Waals surface area (Å²) in [5, 5.41) is 6.89. The first-order valence-electron chi connectivity index (χ1n) is 7.82. The van der Waals surface area contributed by atoms with E-state index >= 15 is 0 Å². The van der Waals surface area contributed by atoms with Crippen LogP contribution in [0.4, 0.5) is 10.7 Å². The highest BCUT2D eigenvalue weighted by atomic mass is 32.1. The van der Waals surface area contributed by atoms with Crippen molar-refractivity contribution in [3.05, 3.63) is 45.8 Å². The summed E-state index contributed by atoms with van der Waals surface area (Å²) in [6, 6.07) is 7.75. The highest BCUT2D eigenvalue weighted by Gasteiger charge is 2.26. The summed E-state index contributed by atoms with van der Waals surface area (Å²) in [5.74, 6) is -0.694. The molecular formula is C18H21N3O3S2. The van der Waals surface area contributed by atoms with Gasteiger partial charge in [0.25, 0.3) is 5.91 Å². The smallest absolute Gasteiger partial charge is 0.341 e. The van der Waals surface area contributed by atoms with Crippen LogP contribution in [0.5, 0.6) is 0 Å². The number of hydrogen-bond donors (Lipinski definition) is 2. The number of aryl methyl sites for hydroxylation is 1. The van der Waals surface area contributed by atoms with Crippen molar-refractivity contribution in [3.8, 4) is 0 Å². The van der Waals surface area contributed by atoms with Crippen molar-refractivity contribution in [2.24, 2.45) is 0 Å². The van der Waals surface area contributed by atoms with Crippen LogP contribution in [-0.4, -0.2) is 43.1 Å². The third-order valence-corrected chi connectivity index (χ3v) is 5.04. The summed E-state index contributed by atoms with van der Waals surface area (Å²) in [4.78, 5) is 26.5. The summed E-state index contributed by atoms with van der Waals surface area (Å²) in [6.07, 6.45) is 0. The molecule has 1 aromatic carbocycles. The first-order valence-corrected chi connectivity index (χ1v) is 9.05. The highest BCUT2D eigenvalue weighted by molar-refractivity contribution is 7.80. The fourth-order valence-electron chi connectivity index (χ4n) is 2.34. The van der Waals surface area contributed by atoms with Crippen LogP contribution in [0.2, 0.25) is 0 Å². The number of thiocarbonyl (C=S) groups is 1. The van der Waals surface area contributed by atoms with Gasteiger partial charge in [0.1, 0.15) is 5.00 Å². The Hall–Kier alpha value is -2.45. The number of carbonyl (C=O) groups excluding carboxylic acids is 2. The number of amides is 1. The zero-order valence-corrected chi connectivity index (χ0v) is 16.9. The summed E-state index contributed by atoms with van der Waals surface area (Å²) in [7, 11) is 4.63. The van der Waals surface area contributed by atoms with Crippen LogP contribution in [-0.2, 0) is 4.74 Å². The first-order chi connectivity index (χ1) is 12.2. The molecule has 26 heavy (non-hydrogen) atoms. The van der Waals surface area contributed by atoms with Gasteiger partial charge >= 0.3 is 5.97 Å². The number of nitrogens with zero attached hydrogens (tertiary/aromatic N) is 1. The molecule has 2 rings (SSSR count). The molecule has 1 heterocycles. The van der Waals surface area contributed by atoms with Gasteiger partial charge in [-0.2, -0.15) is 0 Å². The van der Waals surface area contributed by atoms with E-state index in [0.717, 1.165) is 11.3 Å². The van der Waals surface area contributed by atoms with Crippen molar-refractivity contribution in [3.63, 3.8) is 0 Å². The van der Waals surface area contributed by atoms with E-state index in [1.807, 2.05) is 31.2 Å². The lowest BCUT2D eigenvalue weighted by Gasteiger charge is -2.11. The number of methoxy groups -OCH3 is 1. The molecule has 8 heteroatoms. The third kappa shape index (κ3) is 4.39. The van der Waals surface area contributed by atoms with E-state index in [-0.39, 0.29) is 5.91 Å². The predicted octanol–water partition coefficient (Wildman–Crippen LogP) is 3.66. The Labute approximate surface area is 162 Å². The average Bonchev–Trinajstić information content (AvgIpc) is 2.89. The minimum atomic E-state index is -0.516. The van der Waals surface area contributed by atoms with Gasteiger partial charge in [0.15, 0.2) is 5.11 Å². The van der Waals surface area contributed by atoms with Crippen LogP contribution in [0.1, 0.15) is 31.2 Å². The van der Waals surface area contributed by atoms with Crippen LogP contribution in [0.3, 0.4) is 0 Å². The number of esters is 1. The van der Waals surface area contributed by atoms with Crippen molar-refractivity contribution >= 4 is 51.2 Å². The summed E-state index contributed by atoms with van der Waals surface area (Å²) < 4.78 is 4.87. The lowest BCUT2D eigenvalue weighted by atomic mass is 10.1. The lowest BCUT2D eigenvalue weighted by Crippen LogP contribution is -2.21. The average molecular weight is 392 g/mol. The van der Waals surface area contributed by atoms with Gasteiger partial charge in [-0.25, -0.2) is 4.79 Å². The van der Waals surface area contributed by atoms with Crippen LogP contribution in [0.25, 0.3) is 0 Å². The van der Waals surface area contributed by atoms with Gasteiger partial charge < -0.3 is 20.3 Å². The van der Waals surface area contributed by atoms with Gasteiger partial charge in [-0.3, -0.25) is 4.79 Å². The molecule has 0 saturated heterocycles. The molecule has 0 spiro atoms. The first kappa shape index (κ1) is 19.9. The highest BCUT2D eigenvalue weighted by Crippen LogP contribution is 2.34. The standard InChI is InChI=1S/C18H21N3O3S2/c1-10-7-6-8-12(9-10)19-18(25)20-15-13(17(23)24-5)11(2)14(26-15)16(22)21(3)4/h6-9H,1-5H3,(H2,19,20,25). The van der Waals surface area contributed by atoms with E-state index in [2.05, 4.69) is 10.6 Å². The molecule has 1 aromatic heterocycles. The Morgan fingerprint density at radius 1 is 1.19 bits per heavy atom. The lowest BCUT2D eigenvalue weighted by molar-refractivity contribution is 0.0601. The number of nitrogens with one attached hydrogen (secondary N) is 2. The largest absolute Gasteiger partial charge is 0.465 e. The van der Waals surface area contributed by atoms with Gasteiger partial charge in [-0.15, -0.1) is 11.3 Å². The molecule has 138 valence electrons. The Morgan fingerprint density at radius 3 is 2.46 bits per heavy atom. The van der Waals surface area contributed by atoms with Crippen LogP contribution < -0.4 is 10.6 Å². The molecule has 0 radical (unpaired) electrons. The summed E-state index contributed by atoms with van der Waals surface area (Å²) in [5.41, 5.74) is 2.82. The molecule has 0 unspecified atom stereocenters. The monoisotopic (exact) mass is 391 g/mol. The minimum absolute atomic E-state index is 0.178. The second-order valence-corrected chi connectivity index (χ2v) is 7.33. The fraction of sp³-hybridized carbons (Fsp3) is 0.278. The maximum absolute atomic E-state index is 12.4. The van der Waals surface area contributed by atoms with Crippen molar-refractivity contribution < 1.29 is 14.3 Å². The van der Waals surface area contributed by atoms with Gasteiger partial charge in [0.2, 0.25) is 0 Å². The fourth-order valence-corrected chi connectivity index (χ4v) is 3.85. The Kier molecular flexibility index (Phi) is 6.33. The van der Waals surface area contributed by atoms with Crippen molar-refractivity contribution in [1.29, 1.82) is 0 Å². The maximum Gasteiger partial charge on any atom is 0.341 e. The predicted molar refractivity (Wildman–Crippen MR) is 109 cm³/mol. The van der Waals surface area contributed by atoms with Gasteiger partial charge in [-0.1, -0.05) is 12.1 Å². The third-order valence-electron chi connectivity index (χ3n) is 3.64. The molecule has 0 aliphatic carbocycles. The molecule has 0 aliphatic rings. The number of benzene rings is 1. The minimum Gasteiger partial charge on any atom is -0.465 e. The number of rotatable bonds is 4. The Morgan fingerprint density at radius 2 is 1.88 bits per heavy atom. The molecule has 1 amide bonds. The van der Waals surface area contributed by atoms with Gasteiger partial charge in [0.05, 0.1) is 17.6 Å². The zero-order chi connectivity index (χ0) is 19.4. The van der Waals surface area contributed by atoms with E-state index < -0.39 is 5.97 Å². The van der Waals surface area contributed by atoms with Gasteiger partial charge in [0, 0.05) is 19.8 Å². The Bertz CT molecular complexity index is 859. The van der Waals surface area contributed by atoms with Crippen molar-refractivity contribution in [2.45, 2.75) is 13.8 Å². The second-order valence-electron chi connectivity index (χ2n) is 5.90.